The first kappa shape index (κ1) is 20.5. The van der Waals surface area contributed by atoms with Crippen LogP contribution in [0.3, 0.4) is 0 Å². The molecule has 0 saturated carbocycles. The Morgan fingerprint density at radius 3 is 2.35 bits per heavy atom. The van der Waals surface area contributed by atoms with E-state index >= 15 is 0 Å². The lowest BCUT2D eigenvalue weighted by Gasteiger charge is -2.09. The third-order valence-electron chi connectivity index (χ3n) is 5.63. The number of rotatable bonds is 5. The number of Topliss-reactive ketones (excluding diaryl/α,β-unsaturated/α-hetero) is 1. The van der Waals surface area contributed by atoms with Crippen LogP contribution in [0.4, 0.5) is 5.69 Å². The van der Waals surface area contributed by atoms with E-state index in [-0.39, 0.29) is 18.1 Å². The van der Waals surface area contributed by atoms with E-state index in [2.05, 4.69) is 37.4 Å². The van der Waals surface area contributed by atoms with Gasteiger partial charge in [0.2, 0.25) is 5.91 Å². The highest BCUT2D eigenvalue weighted by Crippen LogP contribution is 2.28. The Morgan fingerprint density at radius 1 is 0.935 bits per heavy atom. The number of carbonyl (C=O) groups excluding carboxylic acids is 2. The number of nitrogens with one attached hydrogen (secondary N) is 1. The molecule has 2 aromatic carbocycles. The van der Waals surface area contributed by atoms with Crippen LogP contribution in [0.15, 0.2) is 60.8 Å². The minimum Gasteiger partial charge on any atom is -0.326 e. The van der Waals surface area contributed by atoms with Crippen LogP contribution in [0, 0.1) is 20.8 Å². The molecule has 0 atom stereocenters. The maximum Gasteiger partial charge on any atom is 0.230 e. The minimum atomic E-state index is -0.135. The van der Waals surface area contributed by atoms with Crippen molar-refractivity contribution in [2.24, 2.45) is 0 Å². The number of anilines is 1. The van der Waals surface area contributed by atoms with Gasteiger partial charge in [-0.2, -0.15) is 0 Å². The highest BCUT2D eigenvalue weighted by atomic mass is 16.1. The van der Waals surface area contributed by atoms with Crippen LogP contribution in [0.1, 0.15) is 39.7 Å². The summed E-state index contributed by atoms with van der Waals surface area (Å²) in [5.74, 6) is -0.138. The largest absolute Gasteiger partial charge is 0.326 e. The number of fused-ring (bicyclic) bond motifs is 1. The van der Waals surface area contributed by atoms with Gasteiger partial charge in [-0.05, 0) is 80.8 Å². The van der Waals surface area contributed by atoms with Crippen LogP contribution in [-0.4, -0.2) is 21.1 Å². The lowest BCUT2D eigenvalue weighted by atomic mass is 10.0. The molecule has 0 spiro atoms. The second-order valence-electron chi connectivity index (χ2n) is 7.95. The number of hydrogen-bond acceptors (Lipinski definition) is 3. The number of ketones is 1. The van der Waals surface area contributed by atoms with Crippen molar-refractivity contribution in [3.8, 4) is 11.3 Å². The fourth-order valence-corrected chi connectivity index (χ4v) is 3.69. The van der Waals surface area contributed by atoms with Crippen molar-refractivity contribution < 1.29 is 9.59 Å². The van der Waals surface area contributed by atoms with Crippen molar-refractivity contribution >= 4 is 23.0 Å². The molecule has 0 aliphatic carbocycles. The number of pyridine rings is 1. The summed E-state index contributed by atoms with van der Waals surface area (Å²) < 4.78 is 2.00. The smallest absolute Gasteiger partial charge is 0.230 e. The van der Waals surface area contributed by atoms with Gasteiger partial charge in [0.1, 0.15) is 5.65 Å². The summed E-state index contributed by atoms with van der Waals surface area (Å²) >= 11 is 0. The first-order valence-electron chi connectivity index (χ1n) is 10.3. The Bertz CT molecular complexity index is 1300. The molecule has 2 heterocycles. The molecular formula is C26H25N3O2. The number of carbonyl (C=O) groups is 2. The zero-order chi connectivity index (χ0) is 22.1. The topological polar surface area (TPSA) is 63.5 Å². The second-order valence-corrected chi connectivity index (χ2v) is 7.95. The third-order valence-corrected chi connectivity index (χ3v) is 5.63. The van der Waals surface area contributed by atoms with Gasteiger partial charge in [-0.3, -0.25) is 9.59 Å². The Morgan fingerprint density at radius 2 is 1.68 bits per heavy atom. The van der Waals surface area contributed by atoms with Gasteiger partial charge in [0.15, 0.2) is 5.78 Å². The molecule has 4 rings (SSSR count). The van der Waals surface area contributed by atoms with Crippen molar-refractivity contribution in [1.82, 2.24) is 9.38 Å². The van der Waals surface area contributed by atoms with E-state index < -0.39 is 0 Å². The van der Waals surface area contributed by atoms with Crippen molar-refractivity contribution in [3.63, 3.8) is 0 Å². The zero-order valence-electron chi connectivity index (χ0n) is 18.2. The highest BCUT2D eigenvalue weighted by Gasteiger charge is 2.18. The number of aromatic nitrogens is 2. The van der Waals surface area contributed by atoms with Gasteiger partial charge in [0, 0.05) is 23.0 Å². The Labute approximate surface area is 181 Å². The normalized spacial score (nSPS) is 11.0. The molecule has 0 fully saturated rings. The molecule has 0 unspecified atom stereocenters. The zero-order valence-corrected chi connectivity index (χ0v) is 18.2. The van der Waals surface area contributed by atoms with Crippen LogP contribution in [0.25, 0.3) is 16.9 Å². The molecule has 0 radical (unpaired) electrons. The van der Waals surface area contributed by atoms with E-state index in [0.29, 0.717) is 11.3 Å². The Hall–Kier alpha value is -3.73. The van der Waals surface area contributed by atoms with Crippen molar-refractivity contribution in [2.45, 2.75) is 34.1 Å². The fraction of sp³-hybridized carbons (Fsp3) is 0.192. The van der Waals surface area contributed by atoms with Crippen LogP contribution < -0.4 is 5.32 Å². The molecule has 0 aliphatic rings. The molecule has 156 valence electrons. The molecule has 31 heavy (non-hydrogen) atoms. The first-order chi connectivity index (χ1) is 14.8. The van der Waals surface area contributed by atoms with Gasteiger partial charge in [0.25, 0.3) is 0 Å². The summed E-state index contributed by atoms with van der Waals surface area (Å²) in [5.41, 5.74) is 8.26. The van der Waals surface area contributed by atoms with Crippen molar-refractivity contribution in [1.29, 1.82) is 0 Å². The second kappa shape index (κ2) is 8.19. The Balaban J connectivity index is 1.70. The highest BCUT2D eigenvalue weighted by molar-refractivity contribution is 5.96. The average molecular weight is 412 g/mol. The van der Waals surface area contributed by atoms with Gasteiger partial charge >= 0.3 is 0 Å². The van der Waals surface area contributed by atoms with Crippen molar-refractivity contribution in [2.75, 3.05) is 5.32 Å². The lowest BCUT2D eigenvalue weighted by molar-refractivity contribution is -0.115. The molecule has 5 nitrogen and oxygen atoms in total. The number of benzene rings is 2. The molecule has 2 aromatic heterocycles. The molecule has 0 saturated heterocycles. The number of aryl methyl sites for hydroxylation is 3. The number of amides is 1. The molecule has 1 amide bonds. The van der Waals surface area contributed by atoms with Crippen molar-refractivity contribution in [3.05, 3.63) is 88.7 Å². The Kier molecular flexibility index (Phi) is 5.42. The summed E-state index contributed by atoms with van der Waals surface area (Å²) in [6.07, 6.45) is 2.13. The van der Waals surface area contributed by atoms with E-state index in [4.69, 9.17) is 4.98 Å². The quantitative estimate of drug-likeness (QED) is 0.453. The van der Waals surface area contributed by atoms with Gasteiger partial charge in [0.05, 0.1) is 17.8 Å². The summed E-state index contributed by atoms with van der Waals surface area (Å²) in [6.45, 7) is 7.71. The van der Waals surface area contributed by atoms with E-state index in [1.165, 1.54) is 18.1 Å². The monoisotopic (exact) mass is 411 g/mol. The van der Waals surface area contributed by atoms with Gasteiger partial charge < -0.3 is 9.72 Å². The molecule has 4 aromatic rings. The third kappa shape index (κ3) is 4.12. The molecular weight excluding hydrogens is 386 g/mol. The predicted octanol–water partition coefficient (Wildman–Crippen LogP) is 5.31. The molecule has 5 heteroatoms. The average Bonchev–Trinajstić information content (AvgIpc) is 3.10. The van der Waals surface area contributed by atoms with Gasteiger partial charge in [-0.15, -0.1) is 0 Å². The van der Waals surface area contributed by atoms with Crippen LogP contribution in [-0.2, 0) is 11.2 Å². The minimum absolute atomic E-state index is 0.00277. The molecule has 1 N–H and O–H groups in total. The number of hydrogen-bond donors (Lipinski definition) is 1. The SMILES string of the molecule is CC(=O)c1ccc(NC(=O)Cc2c(-c3ccc(C)c(C)c3)nc3c(C)cccn23)cc1. The summed E-state index contributed by atoms with van der Waals surface area (Å²) in [7, 11) is 0. The summed E-state index contributed by atoms with van der Waals surface area (Å²) in [5, 5.41) is 2.93. The van der Waals surface area contributed by atoms with E-state index in [0.717, 1.165) is 28.2 Å². The van der Waals surface area contributed by atoms with Gasteiger partial charge in [-0.1, -0.05) is 18.2 Å². The summed E-state index contributed by atoms with van der Waals surface area (Å²) in [6, 6.07) is 17.2. The van der Waals surface area contributed by atoms with Gasteiger partial charge in [-0.25, -0.2) is 4.98 Å². The number of nitrogens with zero attached hydrogens (tertiary/aromatic N) is 2. The van der Waals surface area contributed by atoms with Crippen LogP contribution in [0.2, 0.25) is 0 Å². The maximum atomic E-state index is 12.9. The van der Waals surface area contributed by atoms with E-state index in [9.17, 15) is 9.59 Å². The standard InChI is InChI=1S/C26H25N3O2/c1-16-7-8-21(14-18(16)3)25-23(29-13-5-6-17(2)26(29)28-25)15-24(31)27-22-11-9-20(10-12-22)19(4)30/h5-14H,15H2,1-4H3,(H,27,31). The first-order valence-corrected chi connectivity index (χ1v) is 10.3. The lowest BCUT2D eigenvalue weighted by Crippen LogP contribution is -2.16. The molecule has 0 bridgehead atoms. The maximum absolute atomic E-state index is 12.9. The van der Waals surface area contributed by atoms with Crippen LogP contribution in [0.5, 0.6) is 0 Å². The number of imidazole rings is 1. The summed E-state index contributed by atoms with van der Waals surface area (Å²) in [4.78, 5) is 29.3. The van der Waals surface area contributed by atoms with E-state index in [1.54, 1.807) is 24.3 Å². The van der Waals surface area contributed by atoms with Crippen LogP contribution >= 0.6 is 0 Å². The molecule has 0 aliphatic heterocycles. The van der Waals surface area contributed by atoms with E-state index in [1.807, 2.05) is 29.7 Å². The fourth-order valence-electron chi connectivity index (χ4n) is 3.69. The predicted molar refractivity (Wildman–Crippen MR) is 124 cm³/mol.